The van der Waals surface area contributed by atoms with Crippen LogP contribution in [0.1, 0.15) is 0 Å². The Balaban J connectivity index is 1.75. The number of aromatic amines is 1. The monoisotopic (exact) mass is 339 g/mol. The number of fused-ring (bicyclic) bond motifs is 3. The maximum atomic E-state index is 5.36. The van der Waals surface area contributed by atoms with Gasteiger partial charge in [-0.15, -0.1) is 0 Å². The van der Waals surface area contributed by atoms with Crippen molar-refractivity contribution in [2.75, 3.05) is 26.6 Å². The maximum Gasteiger partial charge on any atom is 0.253 e. The third kappa shape index (κ3) is 2.57. The number of hydrogen-bond donors (Lipinski definition) is 2. The summed E-state index contributed by atoms with van der Waals surface area (Å²) in [6.07, 6.45) is 0. The Labute approximate surface area is 143 Å². The highest BCUT2D eigenvalue weighted by molar-refractivity contribution is 5.83. The molecule has 0 fully saturated rings. The summed E-state index contributed by atoms with van der Waals surface area (Å²) < 4.78 is 17.7. The Morgan fingerprint density at radius 3 is 2.52 bits per heavy atom. The van der Waals surface area contributed by atoms with E-state index in [1.807, 2.05) is 36.4 Å². The fourth-order valence-corrected chi connectivity index (χ4v) is 2.70. The van der Waals surface area contributed by atoms with Gasteiger partial charge >= 0.3 is 0 Å². The van der Waals surface area contributed by atoms with E-state index < -0.39 is 0 Å². The first-order valence-corrected chi connectivity index (χ1v) is 7.63. The van der Waals surface area contributed by atoms with Gasteiger partial charge in [-0.1, -0.05) is 6.07 Å². The van der Waals surface area contributed by atoms with E-state index in [0.717, 1.165) is 22.5 Å². The van der Waals surface area contributed by atoms with Gasteiger partial charge in [-0.3, -0.25) is 5.10 Å². The fourth-order valence-electron chi connectivity index (χ4n) is 2.70. The van der Waals surface area contributed by atoms with Gasteiger partial charge in [0.15, 0.2) is 11.5 Å². The molecule has 0 aliphatic carbocycles. The Hall–Kier alpha value is -3.42. The van der Waals surface area contributed by atoms with Crippen LogP contribution in [-0.4, -0.2) is 40.9 Å². The van der Waals surface area contributed by atoms with E-state index in [0.29, 0.717) is 23.2 Å². The maximum absolute atomic E-state index is 5.36. The van der Waals surface area contributed by atoms with E-state index in [1.54, 1.807) is 25.8 Å². The number of methoxy groups -OCH3 is 3. The third-order valence-corrected chi connectivity index (χ3v) is 3.90. The minimum atomic E-state index is 0.552. The van der Waals surface area contributed by atoms with Gasteiger partial charge in [0.2, 0.25) is 5.95 Å². The van der Waals surface area contributed by atoms with Crippen molar-refractivity contribution in [3.05, 3.63) is 36.4 Å². The van der Waals surface area contributed by atoms with Crippen LogP contribution in [0.25, 0.3) is 16.8 Å². The first-order chi connectivity index (χ1) is 12.2. The summed E-state index contributed by atoms with van der Waals surface area (Å²) in [5, 5.41) is 6.39. The predicted molar refractivity (Wildman–Crippen MR) is 94.2 cm³/mol. The van der Waals surface area contributed by atoms with E-state index in [9.17, 15) is 0 Å². The van der Waals surface area contributed by atoms with E-state index in [1.165, 1.54) is 0 Å². The van der Waals surface area contributed by atoms with E-state index >= 15 is 0 Å². The van der Waals surface area contributed by atoms with Crippen molar-refractivity contribution < 1.29 is 14.2 Å². The average Bonchev–Trinajstić information content (AvgIpc) is 3.17. The largest absolute Gasteiger partial charge is 0.497 e. The number of ether oxygens (including phenoxy) is 3. The molecule has 2 N–H and O–H groups in total. The predicted octanol–water partition coefficient (Wildman–Crippen LogP) is 2.98. The SMILES string of the molecule is COc1cccc(Nc2nc3nc4cc(OC)c(OC)cc4n3[nH]2)c1. The van der Waals surface area contributed by atoms with Crippen LogP contribution < -0.4 is 19.5 Å². The quantitative estimate of drug-likeness (QED) is 0.581. The lowest BCUT2D eigenvalue weighted by Gasteiger charge is -2.07. The van der Waals surface area contributed by atoms with E-state index in [-0.39, 0.29) is 0 Å². The molecule has 0 bridgehead atoms. The zero-order valence-corrected chi connectivity index (χ0v) is 14.0. The summed E-state index contributed by atoms with van der Waals surface area (Å²) in [6.45, 7) is 0. The number of hydrogen-bond acceptors (Lipinski definition) is 6. The van der Waals surface area contributed by atoms with E-state index in [4.69, 9.17) is 14.2 Å². The van der Waals surface area contributed by atoms with Crippen LogP contribution in [0.15, 0.2) is 36.4 Å². The number of anilines is 2. The molecule has 0 aliphatic heterocycles. The van der Waals surface area contributed by atoms with Gasteiger partial charge in [0, 0.05) is 23.9 Å². The summed E-state index contributed by atoms with van der Waals surface area (Å²) in [6, 6.07) is 11.3. The Bertz CT molecular complexity index is 1050. The number of nitrogens with zero attached hydrogens (tertiary/aromatic N) is 3. The van der Waals surface area contributed by atoms with Crippen LogP contribution in [0.5, 0.6) is 17.2 Å². The van der Waals surface area contributed by atoms with Crippen LogP contribution in [0.3, 0.4) is 0 Å². The average molecular weight is 339 g/mol. The lowest BCUT2D eigenvalue weighted by Crippen LogP contribution is -1.95. The zero-order chi connectivity index (χ0) is 17.4. The Kier molecular flexibility index (Phi) is 3.57. The minimum absolute atomic E-state index is 0.552. The van der Waals surface area contributed by atoms with Crippen LogP contribution in [0.2, 0.25) is 0 Å². The van der Waals surface area contributed by atoms with Crippen molar-refractivity contribution in [3.8, 4) is 17.2 Å². The second-order valence-electron chi connectivity index (χ2n) is 5.37. The van der Waals surface area contributed by atoms with Gasteiger partial charge in [0.1, 0.15) is 5.75 Å². The molecule has 8 heteroatoms. The lowest BCUT2D eigenvalue weighted by molar-refractivity contribution is 0.355. The van der Waals surface area contributed by atoms with Crippen molar-refractivity contribution >= 4 is 28.4 Å². The third-order valence-electron chi connectivity index (χ3n) is 3.90. The van der Waals surface area contributed by atoms with Crippen molar-refractivity contribution in [1.82, 2.24) is 19.6 Å². The fraction of sp³-hybridized carbons (Fsp3) is 0.176. The summed E-state index contributed by atoms with van der Waals surface area (Å²) in [4.78, 5) is 8.99. The molecule has 0 atom stereocenters. The summed E-state index contributed by atoms with van der Waals surface area (Å²) >= 11 is 0. The van der Waals surface area contributed by atoms with Gasteiger partial charge in [0.05, 0.1) is 32.4 Å². The highest BCUT2D eigenvalue weighted by atomic mass is 16.5. The standard InChI is InChI=1S/C17H17N5O3/c1-23-11-6-4-5-10(7-11)18-16-20-17-19-12-8-14(24-2)15(25-3)9-13(12)22(17)21-16/h4-9H,1-3H3,(H2,18,19,20,21). The Morgan fingerprint density at radius 1 is 0.960 bits per heavy atom. The molecule has 128 valence electrons. The number of imidazole rings is 1. The van der Waals surface area contributed by atoms with Crippen molar-refractivity contribution in [2.45, 2.75) is 0 Å². The number of nitrogens with one attached hydrogen (secondary N) is 2. The molecule has 0 radical (unpaired) electrons. The van der Waals surface area contributed by atoms with Gasteiger partial charge in [-0.05, 0) is 12.1 Å². The van der Waals surface area contributed by atoms with E-state index in [2.05, 4.69) is 20.4 Å². The molecule has 0 unspecified atom stereocenters. The number of aromatic nitrogens is 4. The van der Waals surface area contributed by atoms with Gasteiger partial charge in [0.25, 0.3) is 5.78 Å². The first-order valence-electron chi connectivity index (χ1n) is 7.63. The van der Waals surface area contributed by atoms with Crippen molar-refractivity contribution in [2.24, 2.45) is 0 Å². The lowest BCUT2D eigenvalue weighted by atomic mass is 10.3. The van der Waals surface area contributed by atoms with Crippen LogP contribution in [0, 0.1) is 0 Å². The van der Waals surface area contributed by atoms with Crippen LogP contribution in [-0.2, 0) is 0 Å². The molecule has 8 nitrogen and oxygen atoms in total. The number of rotatable bonds is 5. The van der Waals surface area contributed by atoms with Gasteiger partial charge in [-0.2, -0.15) is 4.98 Å². The van der Waals surface area contributed by atoms with Crippen LogP contribution in [0.4, 0.5) is 11.6 Å². The van der Waals surface area contributed by atoms with Gasteiger partial charge < -0.3 is 19.5 Å². The second kappa shape index (κ2) is 5.90. The zero-order valence-electron chi connectivity index (χ0n) is 14.0. The molecule has 4 aromatic rings. The molecule has 2 aromatic carbocycles. The minimum Gasteiger partial charge on any atom is -0.497 e. The molecule has 2 aromatic heterocycles. The number of H-pyrrole nitrogens is 1. The summed E-state index contributed by atoms with van der Waals surface area (Å²) in [7, 11) is 4.83. The Morgan fingerprint density at radius 2 is 1.76 bits per heavy atom. The smallest absolute Gasteiger partial charge is 0.253 e. The molecule has 0 saturated carbocycles. The molecular weight excluding hydrogens is 322 g/mol. The molecule has 0 amide bonds. The summed E-state index contributed by atoms with van der Waals surface area (Å²) in [5.41, 5.74) is 2.48. The molecule has 0 saturated heterocycles. The highest BCUT2D eigenvalue weighted by Crippen LogP contribution is 2.32. The van der Waals surface area contributed by atoms with Gasteiger partial charge in [-0.25, -0.2) is 9.50 Å². The topological polar surface area (TPSA) is 85.7 Å². The molecule has 4 rings (SSSR count). The molecular formula is C17H17N5O3. The molecule has 2 heterocycles. The number of benzene rings is 2. The first kappa shape index (κ1) is 15.1. The molecule has 0 aliphatic rings. The van der Waals surface area contributed by atoms with Crippen molar-refractivity contribution in [1.29, 1.82) is 0 Å². The van der Waals surface area contributed by atoms with Crippen LogP contribution >= 0.6 is 0 Å². The molecule has 0 spiro atoms. The molecule has 25 heavy (non-hydrogen) atoms. The van der Waals surface area contributed by atoms with Crippen molar-refractivity contribution in [3.63, 3.8) is 0 Å². The second-order valence-corrected chi connectivity index (χ2v) is 5.37. The normalized spacial score (nSPS) is 11.0. The highest BCUT2D eigenvalue weighted by Gasteiger charge is 2.14. The summed E-state index contributed by atoms with van der Waals surface area (Å²) in [5.74, 6) is 3.16.